The molecule has 0 spiro atoms. The van der Waals surface area contributed by atoms with Crippen LogP contribution in [0.25, 0.3) is 11.0 Å². The van der Waals surface area contributed by atoms with Gasteiger partial charge in [-0.15, -0.1) is 0 Å². The molecule has 1 atom stereocenters. The number of pyridine rings is 1. The third-order valence-electron chi connectivity index (χ3n) is 4.01. The van der Waals surface area contributed by atoms with Gasteiger partial charge < -0.3 is 15.4 Å². The summed E-state index contributed by atoms with van der Waals surface area (Å²) in [5, 5.41) is 12.1. The Morgan fingerprint density at radius 2 is 2.35 bits per heavy atom. The first-order valence-corrected chi connectivity index (χ1v) is 8.08. The summed E-state index contributed by atoms with van der Waals surface area (Å²) in [5.41, 5.74) is 1.94. The highest BCUT2D eigenvalue weighted by Gasteiger charge is 2.25. The van der Waals surface area contributed by atoms with Crippen LogP contribution >= 0.6 is 0 Å². The molecule has 2 N–H and O–H groups in total. The lowest BCUT2D eigenvalue weighted by atomic mass is 10.1. The van der Waals surface area contributed by atoms with Crippen LogP contribution in [0.15, 0.2) is 18.3 Å². The van der Waals surface area contributed by atoms with Gasteiger partial charge in [-0.25, -0.2) is 14.5 Å². The third-order valence-corrected chi connectivity index (χ3v) is 4.01. The van der Waals surface area contributed by atoms with E-state index in [1.54, 1.807) is 6.20 Å². The lowest BCUT2D eigenvalue weighted by Gasteiger charge is -2.10. The van der Waals surface area contributed by atoms with Crippen LogP contribution in [0.4, 0.5) is 4.79 Å². The average molecular weight is 317 g/mol. The highest BCUT2D eigenvalue weighted by atomic mass is 16.5. The molecular weight excluding hydrogens is 294 g/mol. The van der Waals surface area contributed by atoms with Gasteiger partial charge in [0.1, 0.15) is 0 Å². The molecule has 7 nitrogen and oxygen atoms in total. The van der Waals surface area contributed by atoms with Crippen molar-refractivity contribution in [2.75, 3.05) is 13.7 Å². The van der Waals surface area contributed by atoms with E-state index in [1.807, 2.05) is 10.7 Å². The van der Waals surface area contributed by atoms with Crippen molar-refractivity contribution in [1.29, 1.82) is 0 Å². The summed E-state index contributed by atoms with van der Waals surface area (Å²) in [5.74, 6) is 0. The average Bonchev–Trinajstić information content (AvgIpc) is 3.30. The monoisotopic (exact) mass is 317 g/mol. The van der Waals surface area contributed by atoms with Gasteiger partial charge in [0.15, 0.2) is 5.65 Å². The molecule has 1 fully saturated rings. The number of nitrogens with zero attached hydrogens (tertiary/aromatic N) is 3. The van der Waals surface area contributed by atoms with Gasteiger partial charge in [0.2, 0.25) is 0 Å². The summed E-state index contributed by atoms with van der Waals surface area (Å²) in [6.45, 7) is 3.40. The Labute approximate surface area is 135 Å². The van der Waals surface area contributed by atoms with E-state index >= 15 is 0 Å². The van der Waals surface area contributed by atoms with Crippen molar-refractivity contribution in [1.82, 2.24) is 25.4 Å². The second kappa shape index (κ2) is 6.95. The van der Waals surface area contributed by atoms with Crippen molar-refractivity contribution in [3.63, 3.8) is 0 Å². The lowest BCUT2D eigenvalue weighted by Crippen LogP contribution is -2.25. The molecule has 0 saturated heterocycles. The van der Waals surface area contributed by atoms with Gasteiger partial charge in [0, 0.05) is 36.8 Å². The number of aryl methyl sites for hydroxylation is 1. The maximum Gasteiger partial charge on any atom is 0.406 e. The Balaban J connectivity index is 1.70. The highest BCUT2D eigenvalue weighted by molar-refractivity contribution is 5.78. The number of aromatic nitrogens is 3. The number of hydrogen-bond acceptors (Lipinski definition) is 5. The normalized spacial score (nSPS) is 15.6. The standard InChI is InChI=1S/C16H23N5O2/c1-11(19-12-6-7-12)14-13-5-3-8-17-15(13)21(20-14)10-4-9-18-16(22)23-2/h3,5,8,11-12,19H,4,6-7,9-10H2,1-2H3,(H,18,22). The summed E-state index contributed by atoms with van der Waals surface area (Å²) in [6, 6.07) is 4.86. The van der Waals surface area contributed by atoms with Crippen LogP contribution < -0.4 is 10.6 Å². The summed E-state index contributed by atoms with van der Waals surface area (Å²) in [4.78, 5) is 15.5. The molecule has 1 amide bonds. The van der Waals surface area contributed by atoms with Crippen molar-refractivity contribution in [3.8, 4) is 0 Å². The molecule has 1 aliphatic rings. The zero-order valence-electron chi connectivity index (χ0n) is 13.6. The third kappa shape index (κ3) is 3.79. The first-order valence-electron chi connectivity index (χ1n) is 8.08. The molecule has 0 radical (unpaired) electrons. The van der Waals surface area contributed by atoms with E-state index < -0.39 is 6.09 Å². The molecule has 1 saturated carbocycles. The maximum atomic E-state index is 11.1. The van der Waals surface area contributed by atoms with Crippen molar-refractivity contribution >= 4 is 17.1 Å². The van der Waals surface area contributed by atoms with Crippen molar-refractivity contribution in [2.24, 2.45) is 0 Å². The molecule has 2 heterocycles. The molecule has 0 aliphatic heterocycles. The number of methoxy groups -OCH3 is 1. The van der Waals surface area contributed by atoms with E-state index in [0.717, 1.165) is 23.1 Å². The number of nitrogens with one attached hydrogen (secondary N) is 2. The first kappa shape index (κ1) is 15.7. The Kier molecular flexibility index (Phi) is 4.76. The smallest absolute Gasteiger partial charge is 0.406 e. The van der Waals surface area contributed by atoms with E-state index in [2.05, 4.69) is 33.3 Å². The fourth-order valence-corrected chi connectivity index (χ4v) is 2.68. The quantitative estimate of drug-likeness (QED) is 0.763. The molecule has 7 heteroatoms. The molecule has 124 valence electrons. The topological polar surface area (TPSA) is 81.1 Å². The minimum atomic E-state index is -0.406. The molecule has 1 unspecified atom stereocenters. The Morgan fingerprint density at radius 3 is 3.09 bits per heavy atom. The lowest BCUT2D eigenvalue weighted by molar-refractivity contribution is 0.170. The molecule has 3 rings (SSSR count). The minimum absolute atomic E-state index is 0.212. The second-order valence-electron chi connectivity index (χ2n) is 5.92. The Bertz CT molecular complexity index is 680. The maximum absolute atomic E-state index is 11.1. The summed E-state index contributed by atoms with van der Waals surface area (Å²) < 4.78 is 6.48. The largest absolute Gasteiger partial charge is 0.453 e. The Hall–Kier alpha value is -2.15. The van der Waals surface area contributed by atoms with Crippen LogP contribution in [0.5, 0.6) is 0 Å². The van der Waals surface area contributed by atoms with Gasteiger partial charge >= 0.3 is 6.09 Å². The van der Waals surface area contributed by atoms with Crippen LogP contribution in [0.3, 0.4) is 0 Å². The van der Waals surface area contributed by atoms with Crippen LogP contribution in [-0.2, 0) is 11.3 Å². The van der Waals surface area contributed by atoms with Gasteiger partial charge in [-0.3, -0.25) is 0 Å². The molecule has 0 aromatic carbocycles. The molecule has 2 aromatic rings. The first-order chi connectivity index (χ1) is 11.2. The number of alkyl carbamates (subject to hydrolysis) is 1. The van der Waals surface area contributed by atoms with Crippen molar-refractivity contribution in [2.45, 2.75) is 44.8 Å². The number of amides is 1. The van der Waals surface area contributed by atoms with Gasteiger partial charge in [-0.1, -0.05) is 0 Å². The van der Waals surface area contributed by atoms with Crippen LogP contribution in [0.1, 0.15) is 37.9 Å². The number of carbonyl (C=O) groups excluding carboxylic acids is 1. The Morgan fingerprint density at radius 1 is 1.52 bits per heavy atom. The fraction of sp³-hybridized carbons (Fsp3) is 0.562. The zero-order valence-corrected chi connectivity index (χ0v) is 13.6. The fourth-order valence-electron chi connectivity index (χ4n) is 2.68. The zero-order chi connectivity index (χ0) is 16.2. The SMILES string of the molecule is COC(=O)NCCCn1nc(C(C)NC2CC2)c2cccnc21. The highest BCUT2D eigenvalue weighted by Crippen LogP contribution is 2.27. The van der Waals surface area contributed by atoms with Crippen LogP contribution in [0.2, 0.25) is 0 Å². The predicted molar refractivity (Wildman–Crippen MR) is 87.1 cm³/mol. The molecule has 23 heavy (non-hydrogen) atoms. The van der Waals surface area contributed by atoms with Crippen LogP contribution in [-0.4, -0.2) is 40.6 Å². The van der Waals surface area contributed by atoms with E-state index in [9.17, 15) is 4.79 Å². The van der Waals surface area contributed by atoms with E-state index in [-0.39, 0.29) is 6.04 Å². The molecule has 1 aliphatic carbocycles. The summed E-state index contributed by atoms with van der Waals surface area (Å²) in [6.07, 6.45) is 4.65. The molecular formula is C16H23N5O2. The van der Waals surface area contributed by atoms with Crippen LogP contribution in [0, 0.1) is 0 Å². The number of carbonyl (C=O) groups is 1. The molecule has 0 bridgehead atoms. The van der Waals surface area contributed by atoms with Crippen molar-refractivity contribution < 1.29 is 9.53 Å². The number of rotatable bonds is 7. The summed E-state index contributed by atoms with van der Waals surface area (Å²) >= 11 is 0. The van der Waals surface area contributed by atoms with Gasteiger partial charge in [-0.2, -0.15) is 5.10 Å². The van der Waals surface area contributed by atoms with E-state index in [1.165, 1.54) is 20.0 Å². The van der Waals surface area contributed by atoms with Crippen molar-refractivity contribution in [3.05, 3.63) is 24.0 Å². The van der Waals surface area contributed by atoms with Gasteiger partial charge in [0.25, 0.3) is 0 Å². The second-order valence-corrected chi connectivity index (χ2v) is 5.92. The number of hydrogen-bond donors (Lipinski definition) is 2. The summed E-state index contributed by atoms with van der Waals surface area (Å²) in [7, 11) is 1.36. The van der Waals surface area contributed by atoms with E-state index in [0.29, 0.717) is 19.1 Å². The predicted octanol–water partition coefficient (Wildman–Crippen LogP) is 1.99. The van der Waals surface area contributed by atoms with E-state index in [4.69, 9.17) is 5.10 Å². The minimum Gasteiger partial charge on any atom is -0.453 e. The van der Waals surface area contributed by atoms with Gasteiger partial charge in [0.05, 0.1) is 12.8 Å². The van der Waals surface area contributed by atoms with Gasteiger partial charge in [-0.05, 0) is 38.3 Å². The number of ether oxygens (including phenoxy) is 1. The number of fused-ring (bicyclic) bond motifs is 1. The molecule has 2 aromatic heterocycles.